The Kier molecular flexibility index (Phi) is 5.24. The van der Waals surface area contributed by atoms with Crippen LogP contribution < -0.4 is 11.1 Å². The summed E-state index contributed by atoms with van der Waals surface area (Å²) in [6.07, 6.45) is -4.43. The van der Waals surface area contributed by atoms with Gasteiger partial charge >= 0.3 is 6.18 Å². The average molecular weight is 289 g/mol. The number of likely N-dealkylation sites (N-methyl/N-ethyl adjacent to an activating group) is 1. The second kappa shape index (κ2) is 6.49. The molecule has 4 nitrogen and oxygen atoms in total. The van der Waals surface area contributed by atoms with Crippen molar-refractivity contribution in [3.63, 3.8) is 0 Å². The van der Waals surface area contributed by atoms with E-state index in [1.165, 1.54) is 6.07 Å². The largest absolute Gasteiger partial charge is 0.416 e. The topological polar surface area (TPSA) is 58.4 Å². The molecule has 0 aliphatic carbocycles. The maximum atomic E-state index is 12.5. The lowest BCUT2D eigenvalue weighted by molar-refractivity contribution is -0.137. The van der Waals surface area contributed by atoms with E-state index in [2.05, 4.69) is 5.32 Å². The molecule has 1 aromatic carbocycles. The summed E-state index contributed by atoms with van der Waals surface area (Å²) in [6, 6.07) is 3.01. The third kappa shape index (κ3) is 4.04. The summed E-state index contributed by atoms with van der Waals surface area (Å²) in [4.78, 5) is 13.4. The minimum atomic E-state index is -4.43. The van der Waals surface area contributed by atoms with Gasteiger partial charge in [-0.3, -0.25) is 4.79 Å². The zero-order chi connectivity index (χ0) is 15.3. The zero-order valence-electron chi connectivity index (χ0n) is 11.4. The Balaban J connectivity index is 2.73. The number of rotatable bonds is 5. The molecule has 0 aliphatic heterocycles. The first-order chi connectivity index (χ1) is 9.29. The Morgan fingerprint density at radius 1 is 1.30 bits per heavy atom. The van der Waals surface area contributed by atoms with Crippen LogP contribution in [0.2, 0.25) is 0 Å². The molecule has 0 saturated carbocycles. The number of amides is 1. The van der Waals surface area contributed by atoms with E-state index in [0.717, 1.165) is 12.1 Å². The number of nitrogens with one attached hydrogen (secondary N) is 1. The van der Waals surface area contributed by atoms with Gasteiger partial charge in [-0.05, 0) is 32.0 Å². The lowest BCUT2D eigenvalue weighted by Crippen LogP contribution is -2.35. The predicted molar refractivity (Wildman–Crippen MR) is 72.3 cm³/mol. The zero-order valence-corrected chi connectivity index (χ0v) is 11.4. The minimum Gasteiger partial charge on any atom is -0.397 e. The van der Waals surface area contributed by atoms with E-state index in [4.69, 9.17) is 5.73 Å². The van der Waals surface area contributed by atoms with Crippen LogP contribution in [0.4, 0.5) is 24.5 Å². The third-order valence-electron chi connectivity index (χ3n) is 2.93. The number of nitrogens with two attached hydrogens (primary N) is 1. The molecule has 0 heterocycles. The van der Waals surface area contributed by atoms with Gasteiger partial charge in [0, 0.05) is 13.1 Å². The van der Waals surface area contributed by atoms with Gasteiger partial charge in [-0.1, -0.05) is 0 Å². The number of alkyl halides is 3. The van der Waals surface area contributed by atoms with Crippen molar-refractivity contribution in [1.82, 2.24) is 4.90 Å². The molecule has 112 valence electrons. The fraction of sp³-hybridized carbons (Fsp3) is 0.462. The monoisotopic (exact) mass is 289 g/mol. The molecule has 3 N–H and O–H groups in total. The van der Waals surface area contributed by atoms with E-state index in [0.29, 0.717) is 18.8 Å². The number of halogens is 3. The lowest BCUT2D eigenvalue weighted by Gasteiger charge is -2.19. The van der Waals surface area contributed by atoms with Crippen molar-refractivity contribution in [3.05, 3.63) is 23.8 Å². The van der Waals surface area contributed by atoms with Gasteiger partial charge in [-0.15, -0.1) is 0 Å². The van der Waals surface area contributed by atoms with Crippen LogP contribution in [0.15, 0.2) is 18.2 Å². The van der Waals surface area contributed by atoms with Gasteiger partial charge in [0.25, 0.3) is 0 Å². The number of benzene rings is 1. The molecule has 0 bridgehead atoms. The van der Waals surface area contributed by atoms with Crippen LogP contribution in [-0.4, -0.2) is 30.4 Å². The molecule has 0 atom stereocenters. The van der Waals surface area contributed by atoms with Gasteiger partial charge in [0.05, 0.1) is 23.5 Å². The van der Waals surface area contributed by atoms with Crippen molar-refractivity contribution >= 4 is 17.3 Å². The van der Waals surface area contributed by atoms with Crippen molar-refractivity contribution in [2.45, 2.75) is 20.0 Å². The van der Waals surface area contributed by atoms with Crippen LogP contribution in [-0.2, 0) is 11.0 Å². The van der Waals surface area contributed by atoms with Gasteiger partial charge in [0.2, 0.25) is 5.91 Å². The summed E-state index contributed by atoms with van der Waals surface area (Å²) in [5.41, 5.74) is 5.03. The van der Waals surface area contributed by atoms with Gasteiger partial charge in [-0.2, -0.15) is 13.2 Å². The van der Waals surface area contributed by atoms with Crippen LogP contribution in [0.5, 0.6) is 0 Å². The first kappa shape index (κ1) is 16.1. The molecule has 0 saturated heterocycles. The van der Waals surface area contributed by atoms with Crippen molar-refractivity contribution in [1.29, 1.82) is 0 Å². The molecular weight excluding hydrogens is 271 g/mol. The van der Waals surface area contributed by atoms with Gasteiger partial charge in [-0.25, -0.2) is 0 Å². The highest BCUT2D eigenvalue weighted by molar-refractivity contribution is 5.82. The van der Waals surface area contributed by atoms with Crippen LogP contribution in [0, 0.1) is 0 Å². The van der Waals surface area contributed by atoms with Crippen molar-refractivity contribution in [2.75, 3.05) is 30.7 Å². The molecule has 1 rings (SSSR count). The van der Waals surface area contributed by atoms with E-state index < -0.39 is 11.7 Å². The Hall–Kier alpha value is -1.92. The molecule has 0 aromatic heterocycles. The molecule has 0 radical (unpaired) electrons. The van der Waals surface area contributed by atoms with Crippen LogP contribution in [0.3, 0.4) is 0 Å². The average Bonchev–Trinajstić information content (AvgIpc) is 2.37. The first-order valence-electron chi connectivity index (χ1n) is 6.28. The van der Waals surface area contributed by atoms with Crippen LogP contribution >= 0.6 is 0 Å². The van der Waals surface area contributed by atoms with E-state index in [1.54, 1.807) is 4.90 Å². The highest BCUT2D eigenvalue weighted by atomic mass is 19.4. The Labute approximate surface area is 115 Å². The SMILES string of the molecule is CCN(CC)C(=O)CNc1ccc(C(F)(F)F)cc1N. The molecular formula is C13H18F3N3O. The van der Waals surface area contributed by atoms with E-state index >= 15 is 0 Å². The quantitative estimate of drug-likeness (QED) is 0.819. The predicted octanol–water partition coefficient (Wildman–Crippen LogP) is 2.57. The number of hydrogen-bond acceptors (Lipinski definition) is 3. The first-order valence-corrected chi connectivity index (χ1v) is 6.28. The van der Waals surface area contributed by atoms with Crippen molar-refractivity contribution in [2.24, 2.45) is 0 Å². The summed E-state index contributed by atoms with van der Waals surface area (Å²) in [5.74, 6) is -0.130. The highest BCUT2D eigenvalue weighted by Gasteiger charge is 2.30. The fourth-order valence-electron chi connectivity index (χ4n) is 1.76. The van der Waals surface area contributed by atoms with Crippen molar-refractivity contribution in [3.8, 4) is 0 Å². The maximum absolute atomic E-state index is 12.5. The summed E-state index contributed by atoms with van der Waals surface area (Å²) < 4.78 is 37.4. The van der Waals surface area contributed by atoms with Crippen LogP contribution in [0.25, 0.3) is 0 Å². The Morgan fingerprint density at radius 2 is 1.90 bits per heavy atom. The Bertz CT molecular complexity index is 470. The summed E-state index contributed by atoms with van der Waals surface area (Å²) in [6.45, 7) is 4.87. The molecule has 20 heavy (non-hydrogen) atoms. The number of nitrogen functional groups attached to an aromatic ring is 1. The minimum absolute atomic E-state index is 0.00273. The molecule has 7 heteroatoms. The summed E-state index contributed by atoms with van der Waals surface area (Å²) >= 11 is 0. The number of carbonyl (C=O) groups is 1. The number of nitrogens with zero attached hydrogens (tertiary/aromatic N) is 1. The number of carbonyl (C=O) groups excluding carboxylic acids is 1. The van der Waals surface area contributed by atoms with E-state index in [1.807, 2.05) is 13.8 Å². The Morgan fingerprint density at radius 3 is 2.35 bits per heavy atom. The third-order valence-corrected chi connectivity index (χ3v) is 2.93. The smallest absolute Gasteiger partial charge is 0.397 e. The van der Waals surface area contributed by atoms with Gasteiger partial charge < -0.3 is 16.0 Å². The highest BCUT2D eigenvalue weighted by Crippen LogP contribution is 2.32. The van der Waals surface area contributed by atoms with Crippen LogP contribution in [0.1, 0.15) is 19.4 Å². The van der Waals surface area contributed by atoms with Crippen molar-refractivity contribution < 1.29 is 18.0 Å². The normalized spacial score (nSPS) is 11.2. The second-order valence-corrected chi connectivity index (χ2v) is 4.22. The lowest BCUT2D eigenvalue weighted by atomic mass is 10.1. The van der Waals surface area contributed by atoms with Gasteiger partial charge in [0.1, 0.15) is 0 Å². The second-order valence-electron chi connectivity index (χ2n) is 4.22. The molecule has 0 fully saturated rings. The summed E-state index contributed by atoms with van der Waals surface area (Å²) in [5, 5.41) is 2.76. The molecule has 1 aromatic rings. The molecule has 0 unspecified atom stereocenters. The number of hydrogen-bond donors (Lipinski definition) is 2. The van der Waals surface area contributed by atoms with E-state index in [-0.39, 0.29) is 18.1 Å². The molecule has 1 amide bonds. The standard InChI is InChI=1S/C13H18F3N3O/c1-3-19(4-2)12(20)8-18-11-6-5-9(7-10(11)17)13(14,15)16/h5-7,18H,3-4,8,17H2,1-2H3. The van der Waals surface area contributed by atoms with Gasteiger partial charge in [0.15, 0.2) is 0 Å². The maximum Gasteiger partial charge on any atom is 0.416 e. The number of anilines is 2. The fourth-order valence-corrected chi connectivity index (χ4v) is 1.76. The molecule has 0 aliphatic rings. The molecule has 0 spiro atoms. The summed E-state index contributed by atoms with van der Waals surface area (Å²) in [7, 11) is 0. The van der Waals surface area contributed by atoms with E-state index in [9.17, 15) is 18.0 Å².